The summed E-state index contributed by atoms with van der Waals surface area (Å²) in [6.07, 6.45) is 2.67. The molecule has 0 unspecified atom stereocenters. The van der Waals surface area contributed by atoms with E-state index in [1.165, 1.54) is 0 Å². The predicted octanol–water partition coefficient (Wildman–Crippen LogP) is -0.00320. The molecule has 0 atom stereocenters. The zero-order valence-electron chi connectivity index (χ0n) is 11.1. The van der Waals surface area contributed by atoms with Gasteiger partial charge >= 0.3 is 0 Å². The number of carbonyl (C=O) groups is 2. The summed E-state index contributed by atoms with van der Waals surface area (Å²) < 4.78 is 0. The van der Waals surface area contributed by atoms with E-state index < -0.39 is 0 Å². The number of hydrogen-bond donors (Lipinski definition) is 2. The first-order chi connectivity index (χ1) is 8.01. The Bertz CT molecular complexity index is 224. The van der Waals surface area contributed by atoms with Crippen LogP contribution in [0.5, 0.6) is 0 Å². The fourth-order valence-electron chi connectivity index (χ4n) is 1.67. The van der Waals surface area contributed by atoms with Gasteiger partial charge in [0.05, 0.1) is 0 Å². The van der Waals surface area contributed by atoms with Gasteiger partial charge in [-0.3, -0.25) is 4.79 Å². The molecule has 0 saturated carbocycles. The summed E-state index contributed by atoms with van der Waals surface area (Å²) in [5.41, 5.74) is 4.66. The van der Waals surface area contributed by atoms with Gasteiger partial charge in [-0.2, -0.15) is 0 Å². The van der Waals surface area contributed by atoms with Crippen molar-refractivity contribution in [3.05, 3.63) is 0 Å². The van der Waals surface area contributed by atoms with Gasteiger partial charge in [0.2, 0.25) is 5.91 Å². The Labute approximate surface area is 104 Å². The van der Waals surface area contributed by atoms with Crippen LogP contribution >= 0.6 is 0 Å². The second kappa shape index (κ2) is 9.13. The van der Waals surface area contributed by atoms with Crippen LogP contribution in [0, 0.1) is 5.92 Å². The Kier molecular flexibility index (Phi) is 8.62. The Morgan fingerprint density at radius 3 is 2.29 bits per heavy atom. The maximum absolute atomic E-state index is 11.6. The van der Waals surface area contributed by atoms with Crippen LogP contribution in [-0.4, -0.2) is 49.8 Å². The molecule has 0 bridgehead atoms. The summed E-state index contributed by atoms with van der Waals surface area (Å²) in [4.78, 5) is 22.9. The van der Waals surface area contributed by atoms with Gasteiger partial charge in [0.25, 0.3) is 0 Å². The highest BCUT2D eigenvalue weighted by atomic mass is 16.2. The van der Waals surface area contributed by atoms with Crippen LogP contribution in [0.2, 0.25) is 0 Å². The van der Waals surface area contributed by atoms with Gasteiger partial charge in [-0.05, 0) is 46.8 Å². The molecule has 0 aromatic heterocycles. The predicted molar refractivity (Wildman–Crippen MR) is 68.6 cm³/mol. The van der Waals surface area contributed by atoms with Gasteiger partial charge in [-0.15, -0.1) is 0 Å². The quantitative estimate of drug-likeness (QED) is 0.684. The minimum absolute atomic E-state index is 0.139. The first kappa shape index (κ1) is 16.1. The number of nitrogens with zero attached hydrogens (tertiary/aromatic N) is 1. The van der Waals surface area contributed by atoms with Crippen molar-refractivity contribution >= 4 is 12.2 Å². The lowest BCUT2D eigenvalue weighted by Crippen LogP contribution is -2.41. The van der Waals surface area contributed by atoms with Crippen LogP contribution < -0.4 is 11.1 Å². The fraction of sp³-hybridized carbons (Fsp3) is 0.833. The maximum atomic E-state index is 11.6. The van der Waals surface area contributed by atoms with Crippen LogP contribution in [0.4, 0.5) is 0 Å². The molecule has 5 nitrogen and oxygen atoms in total. The van der Waals surface area contributed by atoms with E-state index in [1.807, 2.05) is 13.8 Å². The molecule has 3 N–H and O–H groups in total. The van der Waals surface area contributed by atoms with Crippen LogP contribution in [0.1, 0.15) is 26.7 Å². The van der Waals surface area contributed by atoms with E-state index in [9.17, 15) is 4.79 Å². The number of piperidine rings is 1. The van der Waals surface area contributed by atoms with E-state index in [-0.39, 0.29) is 24.4 Å². The summed E-state index contributed by atoms with van der Waals surface area (Å²) in [7, 11) is 2.11. The second-order valence-corrected chi connectivity index (χ2v) is 4.64. The molecule has 1 rings (SSSR count). The molecular formula is C12H25N3O2. The molecule has 0 aromatic rings. The van der Waals surface area contributed by atoms with Crippen molar-refractivity contribution in [2.24, 2.45) is 11.7 Å². The molecule has 1 aliphatic rings. The highest BCUT2D eigenvalue weighted by Gasteiger charge is 2.23. The number of nitrogens with one attached hydrogen (secondary N) is 1. The topological polar surface area (TPSA) is 75.4 Å². The van der Waals surface area contributed by atoms with E-state index in [0.717, 1.165) is 25.9 Å². The molecule has 0 radical (unpaired) electrons. The molecule has 0 spiro atoms. The van der Waals surface area contributed by atoms with E-state index in [1.54, 1.807) is 0 Å². The molecule has 17 heavy (non-hydrogen) atoms. The average molecular weight is 243 g/mol. The van der Waals surface area contributed by atoms with Gasteiger partial charge in [0.15, 0.2) is 0 Å². The maximum Gasteiger partial charge on any atom is 0.223 e. The third kappa shape index (κ3) is 7.88. The van der Waals surface area contributed by atoms with Crippen molar-refractivity contribution < 1.29 is 9.59 Å². The molecule has 0 aromatic carbocycles. The lowest BCUT2D eigenvalue weighted by atomic mass is 9.96. The van der Waals surface area contributed by atoms with Gasteiger partial charge in [0, 0.05) is 18.5 Å². The summed E-state index contributed by atoms with van der Waals surface area (Å²) >= 11 is 0. The standard InChI is InChI=1S/C10H20N2O.C2H5NO/c1-8(2)11-10(13)9-4-6-12(3)7-5-9;3-1-2-4/h8-9H,4-7H2,1-3H3,(H,11,13);2H,1,3H2. The van der Waals surface area contributed by atoms with Crippen molar-refractivity contribution in [1.82, 2.24) is 10.2 Å². The van der Waals surface area contributed by atoms with Crippen LogP contribution in [-0.2, 0) is 9.59 Å². The molecule has 5 heteroatoms. The zero-order valence-corrected chi connectivity index (χ0v) is 11.1. The minimum atomic E-state index is 0.139. The first-order valence-corrected chi connectivity index (χ1v) is 6.13. The molecule has 1 aliphatic heterocycles. The van der Waals surface area contributed by atoms with E-state index >= 15 is 0 Å². The van der Waals surface area contributed by atoms with Crippen molar-refractivity contribution in [2.75, 3.05) is 26.7 Å². The smallest absolute Gasteiger partial charge is 0.223 e. The summed E-state index contributed by atoms with van der Waals surface area (Å²) in [5.74, 6) is 0.488. The summed E-state index contributed by atoms with van der Waals surface area (Å²) in [6, 6.07) is 0.271. The monoisotopic (exact) mass is 243 g/mol. The third-order valence-electron chi connectivity index (χ3n) is 2.62. The fourth-order valence-corrected chi connectivity index (χ4v) is 1.67. The molecule has 1 amide bonds. The van der Waals surface area contributed by atoms with Crippen molar-refractivity contribution in [1.29, 1.82) is 0 Å². The largest absolute Gasteiger partial charge is 0.354 e. The minimum Gasteiger partial charge on any atom is -0.354 e. The normalized spacial score (nSPS) is 17.2. The lowest BCUT2D eigenvalue weighted by molar-refractivity contribution is -0.126. The molecule has 0 aliphatic carbocycles. The van der Waals surface area contributed by atoms with Crippen LogP contribution in [0.15, 0.2) is 0 Å². The number of amides is 1. The highest BCUT2D eigenvalue weighted by molar-refractivity contribution is 5.78. The van der Waals surface area contributed by atoms with Crippen LogP contribution in [0.25, 0.3) is 0 Å². The van der Waals surface area contributed by atoms with E-state index in [0.29, 0.717) is 6.29 Å². The number of hydrogen-bond acceptors (Lipinski definition) is 4. The molecule has 1 fully saturated rings. The molecule has 100 valence electrons. The Morgan fingerprint density at radius 1 is 1.47 bits per heavy atom. The molecule has 1 saturated heterocycles. The number of nitrogens with two attached hydrogens (primary N) is 1. The SMILES string of the molecule is CC(C)NC(=O)C1CCN(C)CC1.NCC=O. The van der Waals surface area contributed by atoms with Crippen molar-refractivity contribution in [3.63, 3.8) is 0 Å². The summed E-state index contributed by atoms with van der Waals surface area (Å²) in [6.45, 7) is 6.26. The van der Waals surface area contributed by atoms with Crippen LogP contribution in [0.3, 0.4) is 0 Å². The summed E-state index contributed by atoms with van der Waals surface area (Å²) in [5, 5.41) is 2.97. The highest BCUT2D eigenvalue weighted by Crippen LogP contribution is 2.15. The average Bonchev–Trinajstić information content (AvgIpc) is 2.29. The molecular weight excluding hydrogens is 218 g/mol. The van der Waals surface area contributed by atoms with E-state index in [2.05, 4.69) is 23.0 Å². The van der Waals surface area contributed by atoms with Crippen molar-refractivity contribution in [3.8, 4) is 0 Å². The third-order valence-corrected chi connectivity index (χ3v) is 2.62. The molecule has 1 heterocycles. The first-order valence-electron chi connectivity index (χ1n) is 6.13. The Balaban J connectivity index is 0.000000557. The Hall–Kier alpha value is -0.940. The number of likely N-dealkylation sites (tertiary alicyclic amines) is 1. The van der Waals surface area contributed by atoms with Crippen molar-refractivity contribution in [2.45, 2.75) is 32.7 Å². The Morgan fingerprint density at radius 2 is 1.94 bits per heavy atom. The van der Waals surface area contributed by atoms with Gasteiger partial charge in [0.1, 0.15) is 6.29 Å². The second-order valence-electron chi connectivity index (χ2n) is 4.64. The zero-order chi connectivity index (χ0) is 13.3. The number of aldehydes is 1. The van der Waals surface area contributed by atoms with Gasteiger partial charge in [-0.25, -0.2) is 0 Å². The number of carbonyl (C=O) groups excluding carboxylic acids is 2. The number of rotatable bonds is 3. The van der Waals surface area contributed by atoms with E-state index in [4.69, 9.17) is 4.79 Å². The lowest BCUT2D eigenvalue weighted by Gasteiger charge is -2.28. The van der Waals surface area contributed by atoms with Gasteiger partial charge in [-0.1, -0.05) is 0 Å². The van der Waals surface area contributed by atoms with Gasteiger partial charge < -0.3 is 20.7 Å².